The number of ketones is 2. The Balaban J connectivity index is 0.000000209. The average molecular weight is 531 g/mol. The van der Waals surface area contributed by atoms with Crippen LogP contribution in [0.5, 0.6) is 0 Å². The van der Waals surface area contributed by atoms with Gasteiger partial charge in [0.2, 0.25) is 0 Å². The number of rotatable bonds is 2. The highest BCUT2D eigenvalue weighted by molar-refractivity contribution is 6.61. The standard InChI is InChI=1S/C12H19NO3.C10H15NO3.C3H5ClO2/c1-11(2,3)16-10(15)13-5-4-12(8-13)6-9(14)7-12;1-2-14-9(13)11-4-3-10(7-11)5-8(12)6-10;1-2-6-3(4)5/h4-8H2,1-3H3;2-7H2,1H3;2H2,1H3. The highest BCUT2D eigenvalue weighted by atomic mass is 35.5. The molecule has 2 amide bonds. The molecule has 4 aliphatic rings. The fourth-order valence-electron chi connectivity index (χ4n) is 4.98. The molecule has 0 unspecified atom stereocenters. The van der Waals surface area contributed by atoms with Crippen LogP contribution < -0.4 is 0 Å². The third-order valence-corrected chi connectivity index (χ3v) is 6.71. The van der Waals surface area contributed by atoms with Gasteiger partial charge in [-0.3, -0.25) is 9.59 Å². The predicted octanol–water partition coefficient (Wildman–Crippen LogP) is 4.56. The number of likely N-dealkylation sites (tertiary alicyclic amines) is 2. The molecule has 0 aromatic carbocycles. The predicted molar refractivity (Wildman–Crippen MR) is 132 cm³/mol. The van der Waals surface area contributed by atoms with Crippen molar-refractivity contribution in [2.75, 3.05) is 39.4 Å². The summed E-state index contributed by atoms with van der Waals surface area (Å²) in [5.74, 6) is 0.654. The summed E-state index contributed by atoms with van der Waals surface area (Å²) in [5.41, 5.74) is -0.974. The van der Waals surface area contributed by atoms with E-state index in [4.69, 9.17) is 21.1 Å². The van der Waals surface area contributed by atoms with Gasteiger partial charge in [0.25, 0.3) is 0 Å². The summed E-state index contributed by atoms with van der Waals surface area (Å²) < 4.78 is 14.4. The van der Waals surface area contributed by atoms with E-state index in [2.05, 4.69) is 4.74 Å². The summed E-state index contributed by atoms with van der Waals surface area (Å²) in [6, 6.07) is 0. The molecule has 2 saturated carbocycles. The number of carbonyl (C=O) groups excluding carboxylic acids is 5. The highest BCUT2D eigenvalue weighted by Gasteiger charge is 2.50. The van der Waals surface area contributed by atoms with Crippen LogP contribution in [0.3, 0.4) is 0 Å². The Labute approximate surface area is 217 Å². The number of hydrogen-bond acceptors (Lipinski definition) is 8. The Bertz CT molecular complexity index is 837. The molecule has 4 rings (SSSR count). The van der Waals surface area contributed by atoms with E-state index in [0.717, 1.165) is 25.9 Å². The Hall–Kier alpha value is -2.36. The van der Waals surface area contributed by atoms with Crippen molar-refractivity contribution in [3.8, 4) is 0 Å². The lowest BCUT2D eigenvalue weighted by molar-refractivity contribution is -0.132. The maximum atomic E-state index is 11.8. The zero-order valence-corrected chi connectivity index (χ0v) is 22.8. The lowest BCUT2D eigenvalue weighted by Crippen LogP contribution is -2.42. The van der Waals surface area contributed by atoms with Gasteiger partial charge < -0.3 is 24.0 Å². The van der Waals surface area contributed by atoms with Gasteiger partial charge in [0.1, 0.15) is 17.2 Å². The van der Waals surface area contributed by atoms with Crippen molar-refractivity contribution >= 4 is 40.8 Å². The number of halogens is 1. The maximum Gasteiger partial charge on any atom is 0.410 e. The first-order chi connectivity index (χ1) is 16.7. The van der Waals surface area contributed by atoms with Crippen LogP contribution in [0.2, 0.25) is 0 Å². The molecule has 2 aliphatic carbocycles. The highest BCUT2D eigenvalue weighted by Crippen LogP contribution is 2.46. The van der Waals surface area contributed by atoms with Gasteiger partial charge in [-0.25, -0.2) is 14.4 Å². The molecule has 0 aromatic rings. The molecule has 0 atom stereocenters. The van der Waals surface area contributed by atoms with E-state index in [0.29, 0.717) is 63.6 Å². The quantitative estimate of drug-likeness (QED) is 0.376. The fourth-order valence-corrected chi connectivity index (χ4v) is 5.09. The average Bonchev–Trinajstić information content (AvgIpc) is 3.33. The minimum Gasteiger partial charge on any atom is -0.454 e. The molecule has 0 bridgehead atoms. The van der Waals surface area contributed by atoms with Crippen LogP contribution in [0.1, 0.15) is 73.1 Å². The van der Waals surface area contributed by atoms with Crippen LogP contribution in [0.4, 0.5) is 14.4 Å². The number of amides is 2. The topological polar surface area (TPSA) is 120 Å². The van der Waals surface area contributed by atoms with Crippen molar-refractivity contribution in [2.45, 2.75) is 78.7 Å². The number of hydrogen-bond donors (Lipinski definition) is 0. The second-order valence-electron chi connectivity index (χ2n) is 11.0. The SMILES string of the molecule is CC(C)(C)OC(=O)N1CCC2(CC(=O)C2)C1.CCOC(=O)Cl.CCOC(=O)N1CCC2(CC(=O)C2)C1. The van der Waals surface area contributed by atoms with Gasteiger partial charge in [-0.05, 0) is 47.5 Å². The number of nitrogens with zero attached hydrogens (tertiary/aromatic N) is 2. The lowest BCUT2D eigenvalue weighted by atomic mass is 9.67. The van der Waals surface area contributed by atoms with Crippen LogP contribution in [0.15, 0.2) is 0 Å². The third kappa shape index (κ3) is 8.64. The van der Waals surface area contributed by atoms with E-state index in [1.165, 1.54) is 0 Å². The van der Waals surface area contributed by atoms with E-state index in [1.54, 1.807) is 23.6 Å². The van der Waals surface area contributed by atoms with E-state index in [1.807, 2.05) is 20.8 Å². The monoisotopic (exact) mass is 530 g/mol. The van der Waals surface area contributed by atoms with Crippen LogP contribution >= 0.6 is 11.6 Å². The van der Waals surface area contributed by atoms with Gasteiger partial charge in [0.15, 0.2) is 0 Å². The molecule has 0 radical (unpaired) electrons. The first kappa shape index (κ1) is 29.9. The molecule has 36 heavy (non-hydrogen) atoms. The Morgan fingerprint density at radius 2 is 1.22 bits per heavy atom. The Morgan fingerprint density at radius 1 is 0.806 bits per heavy atom. The van der Waals surface area contributed by atoms with Gasteiger partial charge in [0, 0.05) is 74.3 Å². The van der Waals surface area contributed by atoms with Crippen LogP contribution in [0.25, 0.3) is 0 Å². The molecular weight excluding hydrogens is 492 g/mol. The molecule has 10 nitrogen and oxygen atoms in total. The minimum atomic E-state index is -0.738. The molecule has 2 aliphatic heterocycles. The Morgan fingerprint density at radius 3 is 1.53 bits per heavy atom. The smallest absolute Gasteiger partial charge is 0.410 e. The summed E-state index contributed by atoms with van der Waals surface area (Å²) in [5, 5.41) is 0. The molecule has 2 heterocycles. The molecule has 0 N–H and O–H groups in total. The number of carbonyl (C=O) groups is 5. The van der Waals surface area contributed by atoms with Gasteiger partial charge in [-0.2, -0.15) is 0 Å². The van der Waals surface area contributed by atoms with Crippen molar-refractivity contribution in [1.29, 1.82) is 0 Å². The summed E-state index contributed by atoms with van der Waals surface area (Å²) in [6.07, 6.45) is 4.02. The molecule has 204 valence electrons. The minimum absolute atomic E-state index is 0.0913. The normalized spacial score (nSPS) is 20.9. The van der Waals surface area contributed by atoms with Crippen LogP contribution in [-0.2, 0) is 23.8 Å². The summed E-state index contributed by atoms with van der Waals surface area (Å²) >= 11 is 4.72. The zero-order valence-electron chi connectivity index (χ0n) is 22.0. The van der Waals surface area contributed by atoms with Gasteiger partial charge in [-0.15, -0.1) is 0 Å². The van der Waals surface area contributed by atoms with E-state index in [9.17, 15) is 24.0 Å². The van der Waals surface area contributed by atoms with Crippen molar-refractivity contribution in [1.82, 2.24) is 9.80 Å². The fraction of sp³-hybridized carbons (Fsp3) is 0.800. The second kappa shape index (κ2) is 12.3. The van der Waals surface area contributed by atoms with Crippen molar-refractivity contribution < 1.29 is 38.2 Å². The molecule has 2 saturated heterocycles. The number of Topliss-reactive ketones (excluding diaryl/α,β-unsaturated/α-hetero) is 2. The lowest BCUT2D eigenvalue weighted by Gasteiger charge is -2.36. The van der Waals surface area contributed by atoms with Crippen molar-refractivity contribution in [3.63, 3.8) is 0 Å². The van der Waals surface area contributed by atoms with Crippen LogP contribution in [-0.4, -0.2) is 84.0 Å². The summed E-state index contributed by atoms with van der Waals surface area (Å²) in [7, 11) is 0. The maximum absolute atomic E-state index is 11.8. The molecule has 11 heteroatoms. The molecule has 4 fully saturated rings. The van der Waals surface area contributed by atoms with Gasteiger partial charge in [0.05, 0.1) is 13.2 Å². The van der Waals surface area contributed by atoms with Gasteiger partial charge in [-0.1, -0.05) is 0 Å². The largest absolute Gasteiger partial charge is 0.454 e. The number of ether oxygens (including phenoxy) is 3. The summed E-state index contributed by atoms with van der Waals surface area (Å²) in [4.78, 5) is 58.2. The van der Waals surface area contributed by atoms with Crippen LogP contribution in [0, 0.1) is 10.8 Å². The Kier molecular flexibility index (Phi) is 10.2. The molecule has 0 aromatic heterocycles. The first-order valence-electron chi connectivity index (χ1n) is 12.5. The zero-order chi connectivity index (χ0) is 27.1. The molecular formula is C25H39ClN2O8. The van der Waals surface area contributed by atoms with Crippen molar-refractivity contribution in [3.05, 3.63) is 0 Å². The third-order valence-electron chi connectivity index (χ3n) is 6.60. The first-order valence-corrected chi connectivity index (χ1v) is 12.9. The van der Waals surface area contributed by atoms with E-state index in [-0.39, 0.29) is 23.0 Å². The molecule has 2 spiro atoms. The van der Waals surface area contributed by atoms with E-state index >= 15 is 0 Å². The summed E-state index contributed by atoms with van der Waals surface area (Å²) in [6.45, 7) is 12.7. The van der Waals surface area contributed by atoms with Crippen molar-refractivity contribution in [2.24, 2.45) is 10.8 Å². The second-order valence-corrected chi connectivity index (χ2v) is 11.3. The van der Waals surface area contributed by atoms with Gasteiger partial charge >= 0.3 is 17.6 Å². The van der Waals surface area contributed by atoms with E-state index < -0.39 is 11.0 Å².